The summed E-state index contributed by atoms with van der Waals surface area (Å²) in [6, 6.07) is 5.05. The topological polar surface area (TPSA) is 90.0 Å². The van der Waals surface area contributed by atoms with Crippen LogP contribution in [0.15, 0.2) is 38.1 Å². The smallest absolute Gasteiger partial charge is 0.268 e. The van der Waals surface area contributed by atoms with Gasteiger partial charge in [-0.05, 0) is 57.0 Å². The molecule has 1 heterocycles. The summed E-state index contributed by atoms with van der Waals surface area (Å²) >= 11 is 6.43. The van der Waals surface area contributed by atoms with Gasteiger partial charge in [-0.15, -0.1) is 0 Å². The average molecular weight is 416 g/mol. The highest BCUT2D eigenvalue weighted by Gasteiger charge is 2.11. The first-order valence-corrected chi connectivity index (χ1v) is 7.54. The van der Waals surface area contributed by atoms with Crippen LogP contribution in [-0.2, 0) is 11.3 Å². The van der Waals surface area contributed by atoms with Gasteiger partial charge in [-0.25, -0.2) is 4.98 Å². The molecule has 0 aliphatic carbocycles. The molecule has 1 amide bonds. The Morgan fingerprint density at radius 1 is 1.38 bits per heavy atom. The molecule has 8 heteroatoms. The summed E-state index contributed by atoms with van der Waals surface area (Å²) in [6.07, 6.45) is 1.42. The molecule has 0 unspecified atom stereocenters. The van der Waals surface area contributed by atoms with Crippen LogP contribution in [0.25, 0.3) is 0 Å². The molecule has 21 heavy (non-hydrogen) atoms. The molecule has 0 spiro atoms. The average Bonchev–Trinajstić information content (AvgIpc) is 2.42. The van der Waals surface area contributed by atoms with Crippen molar-refractivity contribution < 1.29 is 4.79 Å². The standard InChI is InChI=1S/C13H12Br2N4O2/c1-7-17-5-10(15)13(21)19(7)6-12(20)18-11-3-2-8(16)4-9(11)14/h2-5H,6,16H2,1H3,(H,18,20). The van der Waals surface area contributed by atoms with Crippen molar-refractivity contribution in [1.82, 2.24) is 9.55 Å². The van der Waals surface area contributed by atoms with Gasteiger partial charge in [0.1, 0.15) is 16.8 Å². The Morgan fingerprint density at radius 2 is 2.10 bits per heavy atom. The Bertz CT molecular complexity index is 758. The summed E-state index contributed by atoms with van der Waals surface area (Å²) in [5.74, 6) is 0.139. The zero-order valence-electron chi connectivity index (χ0n) is 11.1. The summed E-state index contributed by atoms with van der Waals surface area (Å²) < 4.78 is 2.28. The molecule has 6 nitrogen and oxygen atoms in total. The predicted octanol–water partition coefficient (Wildman–Crippen LogP) is 2.30. The second kappa shape index (κ2) is 6.40. The Balaban J connectivity index is 2.20. The number of nitrogens with zero attached hydrogens (tertiary/aromatic N) is 2. The van der Waals surface area contributed by atoms with Crippen LogP contribution >= 0.6 is 31.9 Å². The summed E-state index contributed by atoms with van der Waals surface area (Å²) in [5.41, 5.74) is 6.51. The fraction of sp³-hybridized carbons (Fsp3) is 0.154. The normalized spacial score (nSPS) is 10.4. The monoisotopic (exact) mass is 414 g/mol. The van der Waals surface area contributed by atoms with Crippen LogP contribution in [0.3, 0.4) is 0 Å². The van der Waals surface area contributed by atoms with E-state index in [0.717, 1.165) is 0 Å². The molecule has 1 aromatic heterocycles. The van der Waals surface area contributed by atoms with E-state index in [1.54, 1.807) is 25.1 Å². The van der Waals surface area contributed by atoms with Crippen LogP contribution in [0.5, 0.6) is 0 Å². The largest absolute Gasteiger partial charge is 0.399 e. The number of carbonyl (C=O) groups excluding carboxylic acids is 1. The van der Waals surface area contributed by atoms with Crippen molar-refractivity contribution in [2.24, 2.45) is 0 Å². The van der Waals surface area contributed by atoms with Crippen molar-refractivity contribution >= 4 is 49.1 Å². The number of carbonyl (C=O) groups is 1. The molecule has 3 N–H and O–H groups in total. The number of aryl methyl sites for hydroxylation is 1. The van der Waals surface area contributed by atoms with Gasteiger partial charge in [0.25, 0.3) is 5.56 Å². The number of nitrogens with two attached hydrogens (primary N) is 1. The van der Waals surface area contributed by atoms with Crippen LogP contribution in [0.1, 0.15) is 5.82 Å². The first-order valence-electron chi connectivity index (χ1n) is 5.95. The van der Waals surface area contributed by atoms with Gasteiger partial charge in [0.05, 0.1) is 5.69 Å². The minimum Gasteiger partial charge on any atom is -0.399 e. The van der Waals surface area contributed by atoms with Gasteiger partial charge in [-0.3, -0.25) is 14.2 Å². The molecular formula is C13H12Br2N4O2. The predicted molar refractivity (Wildman–Crippen MR) is 88.1 cm³/mol. The van der Waals surface area contributed by atoms with Crippen molar-refractivity contribution in [2.75, 3.05) is 11.1 Å². The molecule has 2 rings (SSSR count). The summed E-state index contributed by atoms with van der Waals surface area (Å²) in [6.45, 7) is 1.55. The minimum absolute atomic E-state index is 0.117. The van der Waals surface area contributed by atoms with Crippen LogP contribution in [-0.4, -0.2) is 15.5 Å². The number of hydrogen-bond acceptors (Lipinski definition) is 4. The maximum Gasteiger partial charge on any atom is 0.268 e. The zero-order chi connectivity index (χ0) is 15.6. The fourth-order valence-corrected chi connectivity index (χ4v) is 2.52. The highest BCUT2D eigenvalue weighted by Crippen LogP contribution is 2.24. The molecule has 110 valence electrons. The lowest BCUT2D eigenvalue weighted by Crippen LogP contribution is -2.30. The Hall–Kier alpha value is -1.67. The third-order valence-corrected chi connectivity index (χ3v) is 3.97. The van der Waals surface area contributed by atoms with Gasteiger partial charge in [0.15, 0.2) is 0 Å². The number of nitrogen functional groups attached to an aromatic ring is 1. The number of benzene rings is 1. The molecule has 2 aromatic rings. The van der Waals surface area contributed by atoms with E-state index in [4.69, 9.17) is 5.73 Å². The Labute approximate surface area is 137 Å². The summed E-state index contributed by atoms with van der Waals surface area (Å²) in [7, 11) is 0. The van der Waals surface area contributed by atoms with E-state index in [-0.39, 0.29) is 18.0 Å². The second-order valence-corrected chi connectivity index (χ2v) is 6.04. The second-order valence-electron chi connectivity index (χ2n) is 4.33. The summed E-state index contributed by atoms with van der Waals surface area (Å²) in [4.78, 5) is 28.1. The SMILES string of the molecule is Cc1ncc(Br)c(=O)n1CC(=O)Nc1ccc(N)cc1Br. The van der Waals surface area contributed by atoms with Gasteiger partial charge >= 0.3 is 0 Å². The highest BCUT2D eigenvalue weighted by molar-refractivity contribution is 9.10. The molecule has 0 aliphatic heterocycles. The van der Waals surface area contributed by atoms with Crippen LogP contribution < -0.4 is 16.6 Å². The van der Waals surface area contributed by atoms with Crippen molar-refractivity contribution in [2.45, 2.75) is 13.5 Å². The quantitative estimate of drug-likeness (QED) is 0.752. The van der Waals surface area contributed by atoms with Crippen molar-refractivity contribution in [1.29, 1.82) is 0 Å². The number of amides is 1. The molecule has 0 fully saturated rings. The van der Waals surface area contributed by atoms with E-state index in [1.807, 2.05) is 0 Å². The third kappa shape index (κ3) is 3.70. The number of hydrogen-bond donors (Lipinski definition) is 2. The summed E-state index contributed by atoms with van der Waals surface area (Å²) in [5, 5.41) is 2.72. The Kier molecular flexibility index (Phi) is 4.79. The van der Waals surface area contributed by atoms with E-state index in [0.29, 0.717) is 26.1 Å². The van der Waals surface area contributed by atoms with Gasteiger partial charge in [0.2, 0.25) is 5.91 Å². The Morgan fingerprint density at radius 3 is 2.76 bits per heavy atom. The maximum atomic E-state index is 12.1. The number of nitrogens with one attached hydrogen (secondary N) is 1. The molecular weight excluding hydrogens is 404 g/mol. The highest BCUT2D eigenvalue weighted by atomic mass is 79.9. The number of aromatic nitrogens is 2. The van der Waals surface area contributed by atoms with Crippen molar-refractivity contribution in [3.05, 3.63) is 49.5 Å². The van der Waals surface area contributed by atoms with Crippen LogP contribution in [0.2, 0.25) is 0 Å². The van der Waals surface area contributed by atoms with E-state index in [9.17, 15) is 9.59 Å². The van der Waals surface area contributed by atoms with Gasteiger partial charge in [-0.2, -0.15) is 0 Å². The molecule has 0 saturated carbocycles. The van der Waals surface area contributed by atoms with Gasteiger partial charge in [-0.1, -0.05) is 0 Å². The lowest BCUT2D eigenvalue weighted by molar-refractivity contribution is -0.116. The molecule has 0 saturated heterocycles. The van der Waals surface area contributed by atoms with E-state index >= 15 is 0 Å². The van der Waals surface area contributed by atoms with Crippen LogP contribution in [0.4, 0.5) is 11.4 Å². The van der Waals surface area contributed by atoms with Crippen molar-refractivity contribution in [3.63, 3.8) is 0 Å². The van der Waals surface area contributed by atoms with E-state index in [1.165, 1.54) is 10.8 Å². The number of rotatable bonds is 3. The fourth-order valence-electron chi connectivity index (χ4n) is 1.70. The molecule has 0 bridgehead atoms. The lowest BCUT2D eigenvalue weighted by atomic mass is 10.3. The first kappa shape index (κ1) is 15.7. The third-order valence-electron chi connectivity index (χ3n) is 2.77. The lowest BCUT2D eigenvalue weighted by Gasteiger charge is -2.11. The van der Waals surface area contributed by atoms with E-state index in [2.05, 4.69) is 42.2 Å². The maximum absolute atomic E-state index is 12.1. The molecule has 0 atom stereocenters. The minimum atomic E-state index is -0.328. The zero-order valence-corrected chi connectivity index (χ0v) is 14.2. The van der Waals surface area contributed by atoms with E-state index < -0.39 is 0 Å². The first-order chi connectivity index (χ1) is 9.88. The molecule has 0 radical (unpaired) electrons. The number of anilines is 2. The van der Waals surface area contributed by atoms with Gasteiger partial charge < -0.3 is 11.1 Å². The van der Waals surface area contributed by atoms with Crippen LogP contribution in [0, 0.1) is 6.92 Å². The molecule has 0 aliphatic rings. The molecule has 1 aromatic carbocycles. The van der Waals surface area contributed by atoms with Gasteiger partial charge in [0, 0.05) is 16.4 Å². The van der Waals surface area contributed by atoms with Crippen molar-refractivity contribution in [3.8, 4) is 0 Å². The number of halogens is 2.